The average molecular weight is 356 g/mol. The Hall–Kier alpha value is -2.24. The van der Waals surface area contributed by atoms with Gasteiger partial charge < -0.3 is 19.1 Å². The van der Waals surface area contributed by atoms with E-state index in [2.05, 4.69) is 54.2 Å². The molecule has 0 saturated heterocycles. The molecule has 5 nitrogen and oxygen atoms in total. The maximum absolute atomic E-state index is 6.29. The van der Waals surface area contributed by atoms with Gasteiger partial charge >= 0.3 is 0 Å². The third-order valence-corrected chi connectivity index (χ3v) is 4.54. The molecule has 0 saturated carbocycles. The van der Waals surface area contributed by atoms with Crippen molar-refractivity contribution >= 4 is 0 Å². The number of likely N-dealkylation sites (N-methyl/N-ethyl adjacent to an activating group) is 1. The Bertz CT molecular complexity index is 733. The van der Waals surface area contributed by atoms with Crippen LogP contribution in [0, 0.1) is 0 Å². The van der Waals surface area contributed by atoms with Gasteiger partial charge in [-0.15, -0.1) is 0 Å². The molecule has 0 fully saturated rings. The highest BCUT2D eigenvalue weighted by Gasteiger charge is 2.23. The molecule has 5 heteroatoms. The Morgan fingerprint density at radius 3 is 2.58 bits per heavy atom. The molecule has 1 heterocycles. The molecule has 0 amide bonds. The molecule has 2 aromatic rings. The molecule has 0 bridgehead atoms. The lowest BCUT2D eigenvalue weighted by Crippen LogP contribution is -2.39. The number of para-hydroxylation sites is 1. The number of nitrogens with zero attached hydrogens (tertiary/aromatic N) is 2. The standard InChI is InChI=1S/C21H28N2O3/c1-22(2)14-18-15-23(13-17-7-5-6-8-19(17)26-18)12-16-9-10-20(24-3)21(11-16)25-4/h5-11,18H,12-15H2,1-4H3. The zero-order valence-electron chi connectivity index (χ0n) is 16.1. The lowest BCUT2D eigenvalue weighted by atomic mass is 10.1. The molecule has 3 rings (SSSR count). The summed E-state index contributed by atoms with van der Waals surface area (Å²) in [5.41, 5.74) is 2.43. The first kappa shape index (κ1) is 18.5. The summed E-state index contributed by atoms with van der Waals surface area (Å²) in [5.74, 6) is 2.52. The van der Waals surface area contributed by atoms with E-state index in [4.69, 9.17) is 14.2 Å². The molecule has 0 aliphatic carbocycles. The Labute approximate surface area is 156 Å². The van der Waals surface area contributed by atoms with Crippen molar-refractivity contribution in [2.45, 2.75) is 19.2 Å². The SMILES string of the molecule is COc1ccc(CN2Cc3ccccc3OC(CN(C)C)C2)cc1OC. The van der Waals surface area contributed by atoms with Crippen LogP contribution in [0.3, 0.4) is 0 Å². The van der Waals surface area contributed by atoms with E-state index in [0.29, 0.717) is 0 Å². The van der Waals surface area contributed by atoms with Gasteiger partial charge in [-0.3, -0.25) is 4.90 Å². The normalized spacial score (nSPS) is 17.3. The fourth-order valence-corrected chi connectivity index (χ4v) is 3.42. The second-order valence-electron chi connectivity index (χ2n) is 6.97. The van der Waals surface area contributed by atoms with E-state index in [1.165, 1.54) is 11.1 Å². The zero-order chi connectivity index (χ0) is 18.5. The van der Waals surface area contributed by atoms with E-state index in [1.807, 2.05) is 12.1 Å². The van der Waals surface area contributed by atoms with Gasteiger partial charge in [-0.2, -0.15) is 0 Å². The quantitative estimate of drug-likeness (QED) is 0.795. The van der Waals surface area contributed by atoms with Gasteiger partial charge in [0.25, 0.3) is 0 Å². The summed E-state index contributed by atoms with van der Waals surface area (Å²) in [6, 6.07) is 14.4. The first-order chi connectivity index (χ1) is 12.6. The van der Waals surface area contributed by atoms with Crippen LogP contribution in [0.2, 0.25) is 0 Å². The van der Waals surface area contributed by atoms with Crippen LogP contribution in [-0.2, 0) is 13.1 Å². The Morgan fingerprint density at radius 1 is 1.08 bits per heavy atom. The number of ether oxygens (including phenoxy) is 3. The largest absolute Gasteiger partial charge is 0.493 e. The molecule has 0 aromatic heterocycles. The molecule has 26 heavy (non-hydrogen) atoms. The smallest absolute Gasteiger partial charge is 0.161 e. The summed E-state index contributed by atoms with van der Waals surface area (Å²) in [4.78, 5) is 4.61. The van der Waals surface area contributed by atoms with Crippen molar-refractivity contribution in [3.63, 3.8) is 0 Å². The van der Waals surface area contributed by atoms with Crippen LogP contribution in [0.25, 0.3) is 0 Å². The molecular formula is C21H28N2O3. The Kier molecular flexibility index (Phi) is 6.01. The fourth-order valence-electron chi connectivity index (χ4n) is 3.42. The minimum Gasteiger partial charge on any atom is -0.493 e. The van der Waals surface area contributed by atoms with E-state index < -0.39 is 0 Å². The molecule has 1 aliphatic rings. The van der Waals surface area contributed by atoms with Gasteiger partial charge in [-0.25, -0.2) is 0 Å². The summed E-state index contributed by atoms with van der Waals surface area (Å²) < 4.78 is 17.1. The van der Waals surface area contributed by atoms with Crippen LogP contribution >= 0.6 is 0 Å². The van der Waals surface area contributed by atoms with Crippen molar-refractivity contribution in [2.75, 3.05) is 41.4 Å². The van der Waals surface area contributed by atoms with Crippen molar-refractivity contribution in [2.24, 2.45) is 0 Å². The molecule has 0 radical (unpaired) electrons. The summed E-state index contributed by atoms with van der Waals surface area (Å²) in [6.07, 6.45) is 0.133. The number of benzene rings is 2. The highest BCUT2D eigenvalue weighted by molar-refractivity contribution is 5.43. The molecule has 0 N–H and O–H groups in total. The first-order valence-electron chi connectivity index (χ1n) is 8.91. The maximum Gasteiger partial charge on any atom is 0.161 e. The van der Waals surface area contributed by atoms with Gasteiger partial charge in [0.2, 0.25) is 0 Å². The summed E-state index contributed by atoms with van der Waals surface area (Å²) >= 11 is 0. The van der Waals surface area contributed by atoms with Crippen LogP contribution in [0.15, 0.2) is 42.5 Å². The molecule has 1 unspecified atom stereocenters. The molecule has 1 atom stereocenters. The molecule has 140 valence electrons. The highest BCUT2D eigenvalue weighted by atomic mass is 16.5. The van der Waals surface area contributed by atoms with E-state index in [-0.39, 0.29) is 6.10 Å². The molecule has 1 aliphatic heterocycles. The lowest BCUT2D eigenvalue weighted by Gasteiger charge is -2.26. The monoisotopic (exact) mass is 356 g/mol. The third-order valence-electron chi connectivity index (χ3n) is 4.54. The zero-order valence-corrected chi connectivity index (χ0v) is 16.1. The predicted molar refractivity (Wildman–Crippen MR) is 103 cm³/mol. The second-order valence-corrected chi connectivity index (χ2v) is 6.97. The number of fused-ring (bicyclic) bond motifs is 1. The maximum atomic E-state index is 6.29. The van der Waals surface area contributed by atoms with Gasteiger partial charge in [0, 0.05) is 31.7 Å². The van der Waals surface area contributed by atoms with Crippen LogP contribution in [-0.4, -0.2) is 57.3 Å². The van der Waals surface area contributed by atoms with Gasteiger partial charge in [0.1, 0.15) is 11.9 Å². The average Bonchev–Trinajstić information content (AvgIpc) is 2.79. The topological polar surface area (TPSA) is 34.2 Å². The summed E-state index contributed by atoms with van der Waals surface area (Å²) in [5, 5.41) is 0. The van der Waals surface area contributed by atoms with Crippen molar-refractivity contribution in [1.82, 2.24) is 9.80 Å². The predicted octanol–water partition coefficient (Wildman–Crippen LogP) is 3.03. The van der Waals surface area contributed by atoms with E-state index >= 15 is 0 Å². The van der Waals surface area contributed by atoms with Gasteiger partial charge in [0.15, 0.2) is 11.5 Å². The Morgan fingerprint density at radius 2 is 1.85 bits per heavy atom. The van der Waals surface area contributed by atoms with Crippen molar-refractivity contribution in [3.05, 3.63) is 53.6 Å². The van der Waals surface area contributed by atoms with Crippen LogP contribution in [0.1, 0.15) is 11.1 Å². The van der Waals surface area contributed by atoms with Gasteiger partial charge in [0.05, 0.1) is 14.2 Å². The van der Waals surface area contributed by atoms with Crippen molar-refractivity contribution < 1.29 is 14.2 Å². The number of hydrogen-bond donors (Lipinski definition) is 0. The van der Waals surface area contributed by atoms with Gasteiger partial charge in [-0.1, -0.05) is 24.3 Å². The van der Waals surface area contributed by atoms with Gasteiger partial charge in [-0.05, 0) is 37.9 Å². The number of rotatable bonds is 6. The third kappa shape index (κ3) is 4.48. The lowest BCUT2D eigenvalue weighted by molar-refractivity contribution is 0.116. The first-order valence-corrected chi connectivity index (χ1v) is 8.91. The van der Waals surface area contributed by atoms with E-state index in [9.17, 15) is 0 Å². The van der Waals surface area contributed by atoms with Crippen molar-refractivity contribution in [1.29, 1.82) is 0 Å². The Balaban J connectivity index is 1.81. The van der Waals surface area contributed by atoms with Crippen LogP contribution in [0.5, 0.6) is 17.2 Å². The fraction of sp³-hybridized carbons (Fsp3) is 0.429. The minimum absolute atomic E-state index is 0.133. The van der Waals surface area contributed by atoms with Crippen LogP contribution in [0.4, 0.5) is 0 Å². The summed E-state index contributed by atoms with van der Waals surface area (Å²) in [7, 11) is 7.49. The number of hydrogen-bond acceptors (Lipinski definition) is 5. The molecule has 2 aromatic carbocycles. The summed E-state index contributed by atoms with van der Waals surface area (Å²) in [6.45, 7) is 3.47. The van der Waals surface area contributed by atoms with Crippen LogP contribution < -0.4 is 14.2 Å². The molecule has 0 spiro atoms. The minimum atomic E-state index is 0.133. The highest BCUT2D eigenvalue weighted by Crippen LogP contribution is 2.30. The molecular weight excluding hydrogens is 328 g/mol. The van der Waals surface area contributed by atoms with E-state index in [0.717, 1.165) is 43.4 Å². The second kappa shape index (κ2) is 8.43. The van der Waals surface area contributed by atoms with Crippen molar-refractivity contribution in [3.8, 4) is 17.2 Å². The number of methoxy groups -OCH3 is 2. The van der Waals surface area contributed by atoms with E-state index in [1.54, 1.807) is 14.2 Å².